The van der Waals surface area contributed by atoms with Crippen LogP contribution in [0.2, 0.25) is 0 Å². The number of fused-ring (bicyclic) bond motifs is 1. The molecule has 2 heterocycles. The van der Waals surface area contributed by atoms with Crippen molar-refractivity contribution >= 4 is 28.4 Å². The Bertz CT molecular complexity index is 1600. The summed E-state index contributed by atoms with van der Waals surface area (Å²) in [7, 11) is 1.90. The monoisotopic (exact) mass is 526 g/mol. The second-order valence-electron chi connectivity index (χ2n) is 10.1. The zero-order valence-electron chi connectivity index (χ0n) is 22.4. The fourth-order valence-electron chi connectivity index (χ4n) is 5.33. The third kappa shape index (κ3) is 4.69. The van der Waals surface area contributed by atoms with Crippen molar-refractivity contribution in [3.8, 4) is 5.75 Å². The normalized spacial score (nSPS) is 17.0. The fraction of sp³-hybridized carbons (Fsp3) is 0.250. The number of amides is 1. The molecule has 0 saturated carbocycles. The van der Waals surface area contributed by atoms with Crippen molar-refractivity contribution in [3.05, 3.63) is 107 Å². The molecule has 4 aromatic rings. The van der Waals surface area contributed by atoms with Crippen LogP contribution < -0.4 is 4.74 Å². The molecule has 39 heavy (non-hydrogen) atoms. The Hall–Kier alpha value is -4.39. The maximum atomic E-state index is 13.6. The van der Waals surface area contributed by atoms with Gasteiger partial charge >= 0.3 is 0 Å². The first kappa shape index (κ1) is 26.2. The number of Topliss-reactive ketones (excluding diaryl/α,β-unsaturated/α-hetero) is 1. The molecule has 1 atom stereocenters. The third-order valence-corrected chi connectivity index (χ3v) is 7.23. The Balaban J connectivity index is 1.71. The Morgan fingerprint density at radius 2 is 1.77 bits per heavy atom. The van der Waals surface area contributed by atoms with E-state index in [0.29, 0.717) is 23.5 Å². The van der Waals surface area contributed by atoms with E-state index in [9.17, 15) is 19.1 Å². The number of benzene rings is 3. The molecule has 1 aliphatic heterocycles. The van der Waals surface area contributed by atoms with Crippen molar-refractivity contribution in [1.29, 1.82) is 0 Å². The van der Waals surface area contributed by atoms with Gasteiger partial charge in [0.25, 0.3) is 11.7 Å². The maximum Gasteiger partial charge on any atom is 0.295 e. The number of aliphatic hydroxyl groups is 1. The molecule has 1 aromatic heterocycles. The zero-order chi connectivity index (χ0) is 27.8. The largest absolute Gasteiger partial charge is 0.507 e. The summed E-state index contributed by atoms with van der Waals surface area (Å²) < 4.78 is 21.3. The number of halogens is 1. The number of hydrogen-bond donors (Lipinski definition) is 1. The molecule has 0 radical (unpaired) electrons. The summed E-state index contributed by atoms with van der Waals surface area (Å²) in [5, 5.41) is 12.5. The average molecular weight is 527 g/mol. The summed E-state index contributed by atoms with van der Waals surface area (Å²) in [6.45, 7) is 6.54. The summed E-state index contributed by atoms with van der Waals surface area (Å²) in [5.41, 5.74) is 3.69. The van der Waals surface area contributed by atoms with Crippen LogP contribution in [-0.4, -0.2) is 32.9 Å². The molecule has 0 spiro atoms. The van der Waals surface area contributed by atoms with Gasteiger partial charge in [-0.15, -0.1) is 0 Å². The number of nitrogens with zero attached hydrogens (tertiary/aromatic N) is 2. The lowest BCUT2D eigenvalue weighted by Gasteiger charge is -2.25. The molecule has 1 N–H and O–H groups in total. The van der Waals surface area contributed by atoms with E-state index in [0.717, 1.165) is 22.0 Å². The number of para-hydroxylation sites is 1. The molecule has 3 aromatic carbocycles. The summed E-state index contributed by atoms with van der Waals surface area (Å²) in [4.78, 5) is 28.5. The van der Waals surface area contributed by atoms with E-state index < -0.39 is 17.7 Å². The van der Waals surface area contributed by atoms with E-state index in [2.05, 4.69) is 0 Å². The smallest absolute Gasteiger partial charge is 0.295 e. The van der Waals surface area contributed by atoms with Crippen LogP contribution in [-0.2, 0) is 23.2 Å². The summed E-state index contributed by atoms with van der Waals surface area (Å²) in [6.07, 6.45) is 1.89. The number of carbonyl (C=O) groups is 2. The quantitative estimate of drug-likeness (QED) is 0.170. The van der Waals surface area contributed by atoms with Crippen molar-refractivity contribution in [2.75, 3.05) is 6.61 Å². The van der Waals surface area contributed by atoms with Crippen LogP contribution in [0, 0.1) is 5.82 Å². The highest BCUT2D eigenvalue weighted by atomic mass is 19.1. The van der Waals surface area contributed by atoms with Crippen molar-refractivity contribution in [2.24, 2.45) is 7.05 Å². The fourth-order valence-corrected chi connectivity index (χ4v) is 5.33. The van der Waals surface area contributed by atoms with Crippen molar-refractivity contribution < 1.29 is 23.8 Å². The van der Waals surface area contributed by atoms with Gasteiger partial charge in [0.2, 0.25) is 0 Å². The highest BCUT2D eigenvalue weighted by Gasteiger charge is 2.47. The molecule has 1 aliphatic rings. The standard InChI is InChI=1S/C32H31FN2O4/c1-5-39-27-15-12-21(16-24(27)19(2)3)30(36)28-29(25-18-34(4)26-9-7-6-8-23(25)26)35(32(38)31(28)37)17-20-10-13-22(33)14-11-20/h6-16,18-19,29,36H,5,17H2,1-4H3/b30-28+. The van der Waals surface area contributed by atoms with E-state index >= 15 is 0 Å². The van der Waals surface area contributed by atoms with Crippen LogP contribution in [0.1, 0.15) is 55.0 Å². The number of rotatable bonds is 7. The first-order chi connectivity index (χ1) is 18.7. The van der Waals surface area contributed by atoms with Gasteiger partial charge in [0, 0.05) is 41.8 Å². The van der Waals surface area contributed by atoms with Gasteiger partial charge in [0.1, 0.15) is 17.3 Å². The van der Waals surface area contributed by atoms with Gasteiger partial charge in [0.15, 0.2) is 0 Å². The number of ether oxygens (including phenoxy) is 1. The lowest BCUT2D eigenvalue weighted by atomic mass is 9.93. The van der Waals surface area contributed by atoms with Crippen LogP contribution in [0.25, 0.3) is 16.7 Å². The number of hydrogen-bond acceptors (Lipinski definition) is 4. The van der Waals surface area contributed by atoms with Gasteiger partial charge < -0.3 is 19.3 Å². The Labute approximate surface area is 226 Å². The highest BCUT2D eigenvalue weighted by Crippen LogP contribution is 2.43. The molecule has 0 aliphatic carbocycles. The molecule has 0 bridgehead atoms. The predicted molar refractivity (Wildman–Crippen MR) is 149 cm³/mol. The average Bonchev–Trinajstić information content (AvgIpc) is 3.38. The van der Waals surface area contributed by atoms with E-state index in [1.165, 1.54) is 17.0 Å². The predicted octanol–water partition coefficient (Wildman–Crippen LogP) is 6.46. The Kier molecular flexibility index (Phi) is 7.00. The first-order valence-corrected chi connectivity index (χ1v) is 13.0. The minimum atomic E-state index is -0.838. The summed E-state index contributed by atoms with van der Waals surface area (Å²) in [6, 6.07) is 18.0. The van der Waals surface area contributed by atoms with Crippen LogP contribution >= 0.6 is 0 Å². The molecular weight excluding hydrogens is 495 g/mol. The van der Waals surface area contributed by atoms with Gasteiger partial charge in [-0.1, -0.05) is 44.2 Å². The van der Waals surface area contributed by atoms with Gasteiger partial charge in [-0.3, -0.25) is 9.59 Å². The Morgan fingerprint density at radius 3 is 2.46 bits per heavy atom. The van der Waals surface area contributed by atoms with Crippen LogP contribution in [0.15, 0.2) is 78.5 Å². The maximum absolute atomic E-state index is 13.6. The number of aromatic nitrogens is 1. The molecule has 200 valence electrons. The van der Waals surface area contributed by atoms with Gasteiger partial charge in [-0.25, -0.2) is 4.39 Å². The Morgan fingerprint density at radius 1 is 1.05 bits per heavy atom. The molecule has 5 rings (SSSR count). The summed E-state index contributed by atoms with van der Waals surface area (Å²) in [5.74, 6) is -1.28. The zero-order valence-corrected chi connectivity index (χ0v) is 22.4. The minimum Gasteiger partial charge on any atom is -0.507 e. The van der Waals surface area contributed by atoms with Crippen molar-refractivity contribution in [3.63, 3.8) is 0 Å². The van der Waals surface area contributed by atoms with E-state index in [1.54, 1.807) is 24.3 Å². The van der Waals surface area contributed by atoms with E-state index in [4.69, 9.17) is 4.74 Å². The summed E-state index contributed by atoms with van der Waals surface area (Å²) >= 11 is 0. The molecule has 1 amide bonds. The molecule has 7 heteroatoms. The van der Waals surface area contributed by atoms with Crippen molar-refractivity contribution in [1.82, 2.24) is 9.47 Å². The van der Waals surface area contributed by atoms with E-state index in [-0.39, 0.29) is 29.6 Å². The molecule has 1 saturated heterocycles. The second kappa shape index (κ2) is 10.4. The lowest BCUT2D eigenvalue weighted by Crippen LogP contribution is -2.29. The number of ketones is 1. The highest BCUT2D eigenvalue weighted by molar-refractivity contribution is 6.46. The second-order valence-corrected chi connectivity index (χ2v) is 10.1. The van der Waals surface area contributed by atoms with E-state index in [1.807, 2.05) is 68.9 Å². The number of aryl methyl sites for hydroxylation is 1. The first-order valence-electron chi connectivity index (χ1n) is 13.0. The van der Waals surface area contributed by atoms with Gasteiger partial charge in [0.05, 0.1) is 18.2 Å². The topological polar surface area (TPSA) is 71.8 Å². The number of aliphatic hydroxyl groups excluding tert-OH is 1. The van der Waals surface area contributed by atoms with Gasteiger partial charge in [-0.05, 0) is 60.4 Å². The number of carbonyl (C=O) groups excluding carboxylic acids is 2. The minimum absolute atomic E-state index is 0.0253. The molecule has 6 nitrogen and oxygen atoms in total. The number of likely N-dealkylation sites (tertiary alicyclic amines) is 1. The van der Waals surface area contributed by atoms with Crippen LogP contribution in [0.5, 0.6) is 5.75 Å². The van der Waals surface area contributed by atoms with Gasteiger partial charge in [-0.2, -0.15) is 0 Å². The van der Waals surface area contributed by atoms with Crippen LogP contribution in [0.4, 0.5) is 4.39 Å². The molecule has 1 fully saturated rings. The van der Waals surface area contributed by atoms with Crippen molar-refractivity contribution in [2.45, 2.75) is 39.3 Å². The lowest BCUT2D eigenvalue weighted by molar-refractivity contribution is -0.140. The van der Waals surface area contributed by atoms with Crippen LogP contribution in [0.3, 0.4) is 0 Å². The molecule has 1 unspecified atom stereocenters. The molecular formula is C32H31FN2O4. The third-order valence-electron chi connectivity index (χ3n) is 7.23. The SMILES string of the molecule is CCOc1ccc(/C(O)=C2\C(=O)C(=O)N(Cc3ccc(F)cc3)C2c2cn(C)c3ccccc23)cc1C(C)C.